The second kappa shape index (κ2) is 10.1. The highest BCUT2D eigenvalue weighted by Crippen LogP contribution is 2.38. The molecule has 7 nitrogen and oxygen atoms in total. The van der Waals surface area contributed by atoms with Gasteiger partial charge in [0.15, 0.2) is 0 Å². The first kappa shape index (κ1) is 24.7. The Balaban J connectivity index is 1.16. The van der Waals surface area contributed by atoms with Gasteiger partial charge in [-0.3, -0.25) is 19.2 Å². The van der Waals surface area contributed by atoms with Crippen LogP contribution in [-0.4, -0.2) is 58.2 Å². The van der Waals surface area contributed by atoms with Gasteiger partial charge < -0.3 is 10.6 Å². The molecule has 4 rings (SSSR count). The third-order valence-electron chi connectivity index (χ3n) is 6.55. The maximum atomic E-state index is 12.8. The third kappa shape index (κ3) is 5.80. The van der Waals surface area contributed by atoms with Crippen molar-refractivity contribution < 1.29 is 22.8 Å². The first-order chi connectivity index (χ1) is 16.1. The first-order valence-corrected chi connectivity index (χ1v) is 12.1. The molecular weight excluding hydrogens is 515 g/mol. The van der Waals surface area contributed by atoms with Crippen LogP contribution in [-0.2, 0) is 18.0 Å². The molecule has 1 aromatic heterocycles. The summed E-state index contributed by atoms with van der Waals surface area (Å²) in [4.78, 5) is 26.7. The third-order valence-corrected chi connectivity index (χ3v) is 7.16. The van der Waals surface area contributed by atoms with Gasteiger partial charge in [0.1, 0.15) is 0 Å². The van der Waals surface area contributed by atoms with Crippen molar-refractivity contribution in [2.75, 3.05) is 19.6 Å². The Morgan fingerprint density at radius 1 is 1.18 bits per heavy atom. The van der Waals surface area contributed by atoms with Crippen LogP contribution in [0.4, 0.5) is 13.2 Å². The van der Waals surface area contributed by atoms with E-state index in [0.29, 0.717) is 12.0 Å². The number of halogens is 4. The molecule has 1 saturated heterocycles. The Morgan fingerprint density at radius 2 is 1.88 bits per heavy atom. The summed E-state index contributed by atoms with van der Waals surface area (Å²) in [5.74, 6) is -0.606. The van der Waals surface area contributed by atoms with Gasteiger partial charge in [-0.15, -0.1) is 0 Å². The molecule has 0 bridgehead atoms. The van der Waals surface area contributed by atoms with Gasteiger partial charge in [-0.1, -0.05) is 6.07 Å². The second-order valence-corrected chi connectivity index (χ2v) is 9.88. The maximum Gasteiger partial charge on any atom is 0.416 e. The van der Waals surface area contributed by atoms with Gasteiger partial charge in [-0.2, -0.15) is 18.3 Å². The summed E-state index contributed by atoms with van der Waals surface area (Å²) >= 11 is 3.59. The number of carbonyl (C=O) groups excluding carboxylic acids is 2. The lowest BCUT2D eigenvalue weighted by Crippen LogP contribution is -2.63. The lowest BCUT2D eigenvalue weighted by molar-refractivity contribution is -0.137. The number of nitrogens with zero attached hydrogens (tertiary/aromatic N) is 3. The zero-order valence-electron chi connectivity index (χ0n) is 18.7. The Hall–Kier alpha value is -2.40. The van der Waals surface area contributed by atoms with Crippen molar-refractivity contribution in [3.63, 3.8) is 0 Å². The molecular formula is C23H27BrF3N5O2. The number of carbonyl (C=O) groups is 2. The molecule has 2 heterocycles. The predicted molar refractivity (Wildman–Crippen MR) is 123 cm³/mol. The normalized spacial score (nSPS) is 21.7. The number of rotatable bonds is 6. The van der Waals surface area contributed by atoms with Crippen molar-refractivity contribution >= 4 is 27.7 Å². The average molecular weight is 542 g/mol. The molecule has 34 heavy (non-hydrogen) atoms. The Labute approximate surface area is 204 Å². The van der Waals surface area contributed by atoms with E-state index in [4.69, 9.17) is 0 Å². The lowest BCUT2D eigenvalue weighted by atomic mass is 9.82. The van der Waals surface area contributed by atoms with E-state index in [9.17, 15) is 22.8 Å². The van der Waals surface area contributed by atoms with Crippen molar-refractivity contribution in [2.24, 2.45) is 7.05 Å². The standard InChI is InChI=1S/C23H27BrF3N5O2/c1-31-13-19(24)21(30-31)14-5-7-18(8-6-14)32-11-17(12-32)29-20(33)10-28-22(34)15-3-2-4-16(9-15)23(25,26)27/h2-4,9,13-14,17-18H,5-8,10-12H2,1H3,(H,28,34)(H,29,33). The molecule has 2 aliphatic rings. The van der Waals surface area contributed by atoms with Crippen LogP contribution in [0.15, 0.2) is 34.9 Å². The quantitative estimate of drug-likeness (QED) is 0.587. The number of aryl methyl sites for hydroxylation is 1. The van der Waals surface area contributed by atoms with Gasteiger partial charge >= 0.3 is 6.18 Å². The Bertz CT molecular complexity index is 1040. The van der Waals surface area contributed by atoms with E-state index in [1.807, 2.05) is 17.9 Å². The van der Waals surface area contributed by atoms with Crippen LogP contribution < -0.4 is 10.6 Å². The van der Waals surface area contributed by atoms with Crippen LogP contribution in [0.1, 0.15) is 53.2 Å². The molecule has 2 aromatic rings. The fourth-order valence-corrected chi connectivity index (χ4v) is 5.45. The molecule has 2 N–H and O–H groups in total. The topological polar surface area (TPSA) is 79.3 Å². The van der Waals surface area contributed by atoms with Gasteiger partial charge in [0.2, 0.25) is 5.91 Å². The Morgan fingerprint density at radius 3 is 2.50 bits per heavy atom. The molecule has 1 aliphatic heterocycles. The van der Waals surface area contributed by atoms with Crippen LogP contribution in [0, 0.1) is 0 Å². The summed E-state index contributed by atoms with van der Waals surface area (Å²) < 4.78 is 41.3. The van der Waals surface area contributed by atoms with E-state index in [2.05, 4.69) is 36.6 Å². The lowest BCUT2D eigenvalue weighted by Gasteiger charge is -2.46. The zero-order valence-corrected chi connectivity index (χ0v) is 20.3. The summed E-state index contributed by atoms with van der Waals surface area (Å²) in [7, 11) is 1.92. The number of likely N-dealkylation sites (tertiary alicyclic amines) is 1. The van der Waals surface area contributed by atoms with Crippen molar-refractivity contribution in [3.8, 4) is 0 Å². The highest BCUT2D eigenvalue weighted by atomic mass is 79.9. The van der Waals surface area contributed by atoms with Crippen molar-refractivity contribution in [1.29, 1.82) is 0 Å². The number of alkyl halides is 3. The molecule has 1 saturated carbocycles. The van der Waals surface area contributed by atoms with Crippen LogP contribution in [0.3, 0.4) is 0 Å². The summed E-state index contributed by atoms with van der Waals surface area (Å²) in [5.41, 5.74) is 0.0912. The number of amides is 2. The number of hydrogen-bond donors (Lipinski definition) is 2. The molecule has 0 spiro atoms. The van der Waals surface area contributed by atoms with Gasteiger partial charge in [0.25, 0.3) is 5.91 Å². The van der Waals surface area contributed by atoms with Crippen LogP contribution >= 0.6 is 15.9 Å². The molecule has 0 atom stereocenters. The molecule has 184 valence electrons. The summed E-state index contributed by atoms with van der Waals surface area (Å²) in [5, 5.41) is 9.84. The van der Waals surface area contributed by atoms with Crippen LogP contribution in [0.2, 0.25) is 0 Å². The SMILES string of the molecule is Cn1cc(Br)c(C2CCC(N3CC(NC(=O)CNC(=O)c4cccc(C(F)(F)F)c4)C3)CC2)n1. The van der Waals surface area contributed by atoms with Gasteiger partial charge in [-0.05, 0) is 59.8 Å². The number of nitrogens with one attached hydrogen (secondary N) is 2. The number of aromatic nitrogens is 2. The van der Waals surface area contributed by atoms with Crippen molar-refractivity contribution in [3.05, 3.63) is 51.8 Å². The Kier molecular flexibility index (Phi) is 7.32. The predicted octanol–water partition coefficient (Wildman–Crippen LogP) is 3.46. The van der Waals surface area contributed by atoms with Gasteiger partial charge in [-0.25, -0.2) is 0 Å². The number of benzene rings is 1. The second-order valence-electron chi connectivity index (χ2n) is 9.02. The van der Waals surface area contributed by atoms with E-state index >= 15 is 0 Å². The summed E-state index contributed by atoms with van der Waals surface area (Å²) in [6.07, 6.45) is 1.78. The number of hydrogen-bond acceptors (Lipinski definition) is 4. The van der Waals surface area contributed by atoms with Crippen LogP contribution in [0.5, 0.6) is 0 Å². The van der Waals surface area contributed by atoms with Gasteiger partial charge in [0.05, 0.1) is 28.3 Å². The molecule has 0 unspecified atom stereocenters. The molecule has 1 aliphatic carbocycles. The van der Waals surface area contributed by atoms with E-state index in [0.717, 1.165) is 61.1 Å². The van der Waals surface area contributed by atoms with E-state index in [-0.39, 0.29) is 24.1 Å². The van der Waals surface area contributed by atoms with E-state index < -0.39 is 17.6 Å². The molecule has 0 radical (unpaired) electrons. The van der Waals surface area contributed by atoms with Crippen molar-refractivity contribution in [2.45, 2.75) is 49.9 Å². The van der Waals surface area contributed by atoms with Crippen LogP contribution in [0.25, 0.3) is 0 Å². The minimum Gasteiger partial charge on any atom is -0.349 e. The highest BCUT2D eigenvalue weighted by molar-refractivity contribution is 9.10. The maximum absolute atomic E-state index is 12.8. The summed E-state index contributed by atoms with van der Waals surface area (Å²) in [6.45, 7) is 1.24. The highest BCUT2D eigenvalue weighted by Gasteiger charge is 2.36. The minimum atomic E-state index is -4.53. The van der Waals surface area contributed by atoms with E-state index in [1.54, 1.807) is 0 Å². The first-order valence-electron chi connectivity index (χ1n) is 11.3. The fourth-order valence-electron chi connectivity index (χ4n) is 4.75. The van der Waals surface area contributed by atoms with Gasteiger partial charge in [0, 0.05) is 43.9 Å². The molecule has 1 aromatic carbocycles. The summed E-state index contributed by atoms with van der Waals surface area (Å²) in [6, 6.07) is 4.64. The molecule has 2 amide bonds. The van der Waals surface area contributed by atoms with Crippen molar-refractivity contribution in [1.82, 2.24) is 25.3 Å². The molecule has 11 heteroatoms. The monoisotopic (exact) mass is 541 g/mol. The minimum absolute atomic E-state index is 0.0145. The van der Waals surface area contributed by atoms with E-state index in [1.165, 1.54) is 12.1 Å². The fraction of sp³-hybridized carbons (Fsp3) is 0.522. The zero-order chi connectivity index (χ0) is 24.5. The average Bonchev–Trinajstić information content (AvgIpc) is 3.11. The largest absolute Gasteiger partial charge is 0.416 e. The smallest absolute Gasteiger partial charge is 0.349 e. The molecule has 2 fully saturated rings.